The van der Waals surface area contributed by atoms with Crippen LogP contribution in [0.3, 0.4) is 0 Å². The van der Waals surface area contributed by atoms with Gasteiger partial charge in [0.05, 0.1) is 0 Å². The van der Waals surface area contributed by atoms with Crippen LogP contribution >= 0.6 is 0 Å². The second-order valence-corrected chi connectivity index (χ2v) is 7.78. The first kappa shape index (κ1) is 16.7. The Bertz CT molecular complexity index is 724. The number of likely N-dealkylation sites (N-methyl/N-ethyl adjacent to an activating group) is 1. The van der Waals surface area contributed by atoms with Crippen molar-refractivity contribution >= 4 is 11.8 Å². The van der Waals surface area contributed by atoms with E-state index in [1.165, 1.54) is 0 Å². The van der Waals surface area contributed by atoms with Crippen LogP contribution in [0.4, 0.5) is 11.8 Å². The molecule has 1 aliphatic heterocycles. The Morgan fingerprint density at radius 3 is 2.42 bits per heavy atom. The van der Waals surface area contributed by atoms with Crippen LogP contribution in [0, 0.1) is 0 Å². The summed E-state index contributed by atoms with van der Waals surface area (Å²) in [6.07, 6.45) is 2.84. The molecule has 2 aromatic rings. The lowest BCUT2D eigenvalue weighted by molar-refractivity contribution is 0.112. The summed E-state index contributed by atoms with van der Waals surface area (Å²) in [5.41, 5.74) is 8.06. The molecule has 0 radical (unpaired) electrons. The molecule has 0 saturated carbocycles. The van der Waals surface area contributed by atoms with E-state index in [9.17, 15) is 0 Å². The van der Waals surface area contributed by atoms with Gasteiger partial charge in [0.15, 0.2) is 0 Å². The number of hydrogen-bond acceptors (Lipinski definition) is 5. The van der Waals surface area contributed by atoms with E-state index >= 15 is 0 Å². The third kappa shape index (κ3) is 2.84. The van der Waals surface area contributed by atoms with Crippen molar-refractivity contribution in [1.29, 1.82) is 0 Å². The molecule has 3 rings (SSSR count). The van der Waals surface area contributed by atoms with Gasteiger partial charge in [-0.2, -0.15) is 4.98 Å². The minimum Gasteiger partial charge on any atom is -0.368 e. The highest BCUT2D eigenvalue weighted by atomic mass is 15.3. The van der Waals surface area contributed by atoms with E-state index in [0.717, 1.165) is 23.4 Å². The molecule has 1 saturated heterocycles. The van der Waals surface area contributed by atoms with Crippen LogP contribution in [-0.4, -0.2) is 39.0 Å². The van der Waals surface area contributed by atoms with Gasteiger partial charge in [-0.1, -0.05) is 30.3 Å². The van der Waals surface area contributed by atoms with Crippen LogP contribution in [-0.2, 0) is 0 Å². The minimum atomic E-state index is 0.0111. The number of likely N-dealkylation sites (tertiary alicyclic amines) is 1. The van der Waals surface area contributed by atoms with E-state index in [2.05, 4.69) is 67.1 Å². The van der Waals surface area contributed by atoms with Crippen LogP contribution in [0.5, 0.6) is 0 Å². The van der Waals surface area contributed by atoms with E-state index in [-0.39, 0.29) is 17.1 Å². The summed E-state index contributed by atoms with van der Waals surface area (Å²) < 4.78 is 0. The first-order valence-electron chi connectivity index (χ1n) is 8.40. The fourth-order valence-corrected chi connectivity index (χ4v) is 3.63. The molecule has 3 N–H and O–H groups in total. The van der Waals surface area contributed by atoms with E-state index < -0.39 is 0 Å². The highest BCUT2D eigenvalue weighted by Gasteiger charge is 2.49. The number of benzene rings is 1. The SMILES string of the molecule is CN1C(C)(C)CC(Nc2nc(N)ncc2-c2ccccc2)C1(C)C. The van der Waals surface area contributed by atoms with Gasteiger partial charge in [0.25, 0.3) is 0 Å². The van der Waals surface area contributed by atoms with Gasteiger partial charge in [-0.15, -0.1) is 0 Å². The zero-order chi connectivity index (χ0) is 17.5. The first-order valence-corrected chi connectivity index (χ1v) is 8.40. The molecule has 1 atom stereocenters. The van der Waals surface area contributed by atoms with Crippen molar-refractivity contribution in [3.05, 3.63) is 36.5 Å². The number of nitrogen functional groups attached to an aromatic ring is 1. The third-order valence-corrected chi connectivity index (χ3v) is 5.53. The quantitative estimate of drug-likeness (QED) is 0.905. The van der Waals surface area contributed by atoms with Crippen LogP contribution in [0.15, 0.2) is 36.5 Å². The summed E-state index contributed by atoms with van der Waals surface area (Å²) >= 11 is 0. The summed E-state index contributed by atoms with van der Waals surface area (Å²) in [5, 5.41) is 3.65. The van der Waals surface area contributed by atoms with Crippen LogP contribution < -0.4 is 11.1 Å². The topological polar surface area (TPSA) is 67.1 Å². The zero-order valence-corrected chi connectivity index (χ0v) is 15.2. The number of rotatable bonds is 3. The molecule has 128 valence electrons. The molecular formula is C19H27N5. The fraction of sp³-hybridized carbons (Fsp3) is 0.474. The zero-order valence-electron chi connectivity index (χ0n) is 15.2. The smallest absolute Gasteiger partial charge is 0.221 e. The second-order valence-electron chi connectivity index (χ2n) is 7.78. The lowest BCUT2D eigenvalue weighted by Crippen LogP contribution is -2.49. The average Bonchev–Trinajstić information content (AvgIpc) is 2.68. The molecule has 1 fully saturated rings. The van der Waals surface area contributed by atoms with Crippen molar-refractivity contribution in [3.8, 4) is 11.1 Å². The lowest BCUT2D eigenvalue weighted by atomic mass is 9.94. The Morgan fingerprint density at radius 1 is 1.17 bits per heavy atom. The van der Waals surface area contributed by atoms with Crippen molar-refractivity contribution in [3.63, 3.8) is 0 Å². The Balaban J connectivity index is 1.98. The monoisotopic (exact) mass is 325 g/mol. The second kappa shape index (κ2) is 5.74. The van der Waals surface area contributed by atoms with Crippen molar-refractivity contribution < 1.29 is 0 Å². The maximum atomic E-state index is 5.86. The molecule has 0 amide bonds. The van der Waals surface area contributed by atoms with Crippen molar-refractivity contribution in [2.75, 3.05) is 18.1 Å². The molecule has 0 spiro atoms. The predicted octanol–water partition coefficient (Wildman–Crippen LogP) is 3.40. The lowest BCUT2D eigenvalue weighted by Gasteiger charge is -2.38. The standard InChI is InChI=1S/C19H27N5/c1-18(2)11-15(19(3,4)24(18)5)22-16-14(12-21-17(20)23-16)13-9-7-6-8-10-13/h6-10,12,15H,11H2,1-5H3,(H3,20,21,22,23). The number of nitrogens with one attached hydrogen (secondary N) is 1. The van der Waals surface area contributed by atoms with E-state index in [4.69, 9.17) is 5.73 Å². The van der Waals surface area contributed by atoms with Crippen LogP contribution in [0.2, 0.25) is 0 Å². The highest BCUT2D eigenvalue weighted by Crippen LogP contribution is 2.41. The van der Waals surface area contributed by atoms with E-state index in [1.54, 1.807) is 6.20 Å². The summed E-state index contributed by atoms with van der Waals surface area (Å²) in [4.78, 5) is 11.1. The number of anilines is 2. The normalized spacial score (nSPS) is 22.5. The number of nitrogens with zero attached hydrogens (tertiary/aromatic N) is 3. The van der Waals surface area contributed by atoms with Gasteiger partial charge in [0.1, 0.15) is 5.82 Å². The van der Waals surface area contributed by atoms with Gasteiger partial charge in [-0.3, -0.25) is 4.90 Å². The summed E-state index contributed by atoms with van der Waals surface area (Å²) in [5.74, 6) is 1.10. The third-order valence-electron chi connectivity index (χ3n) is 5.53. The predicted molar refractivity (Wildman–Crippen MR) is 99.8 cm³/mol. The Hall–Kier alpha value is -2.14. The van der Waals surface area contributed by atoms with E-state index in [0.29, 0.717) is 5.95 Å². The molecular weight excluding hydrogens is 298 g/mol. The Labute approximate surface area is 144 Å². The molecule has 5 nitrogen and oxygen atoms in total. The van der Waals surface area contributed by atoms with Gasteiger partial charge >= 0.3 is 0 Å². The van der Waals surface area contributed by atoms with Gasteiger partial charge in [0.2, 0.25) is 5.95 Å². The van der Waals surface area contributed by atoms with Crippen LogP contribution in [0.25, 0.3) is 11.1 Å². The number of aromatic nitrogens is 2. The molecule has 1 aromatic carbocycles. The number of nitrogens with two attached hydrogens (primary N) is 1. The fourth-order valence-electron chi connectivity index (χ4n) is 3.63. The Morgan fingerprint density at radius 2 is 1.83 bits per heavy atom. The first-order chi connectivity index (χ1) is 11.2. The molecule has 0 aliphatic carbocycles. The van der Waals surface area contributed by atoms with E-state index in [1.807, 2.05) is 18.2 Å². The van der Waals surface area contributed by atoms with Gasteiger partial charge in [0, 0.05) is 28.9 Å². The number of hydrogen-bond donors (Lipinski definition) is 2. The Kier molecular flexibility index (Phi) is 4.00. The highest BCUT2D eigenvalue weighted by molar-refractivity contribution is 5.75. The molecule has 1 unspecified atom stereocenters. The summed E-state index contributed by atoms with van der Waals surface area (Å²) in [6, 6.07) is 10.4. The summed E-state index contributed by atoms with van der Waals surface area (Å²) in [7, 11) is 2.19. The summed E-state index contributed by atoms with van der Waals surface area (Å²) in [6.45, 7) is 9.10. The van der Waals surface area contributed by atoms with Crippen LogP contribution in [0.1, 0.15) is 34.1 Å². The molecule has 1 aliphatic rings. The molecule has 5 heteroatoms. The van der Waals surface area contributed by atoms with Gasteiger partial charge in [-0.05, 0) is 46.7 Å². The molecule has 24 heavy (non-hydrogen) atoms. The van der Waals surface area contributed by atoms with Gasteiger partial charge in [-0.25, -0.2) is 4.98 Å². The molecule has 2 heterocycles. The van der Waals surface area contributed by atoms with Crippen molar-refractivity contribution in [2.24, 2.45) is 0 Å². The van der Waals surface area contributed by atoms with Crippen molar-refractivity contribution in [2.45, 2.75) is 51.2 Å². The van der Waals surface area contributed by atoms with Gasteiger partial charge < -0.3 is 11.1 Å². The minimum absolute atomic E-state index is 0.0111. The maximum absolute atomic E-state index is 5.86. The largest absolute Gasteiger partial charge is 0.368 e. The molecule has 0 bridgehead atoms. The van der Waals surface area contributed by atoms with Crippen molar-refractivity contribution in [1.82, 2.24) is 14.9 Å². The average molecular weight is 325 g/mol. The molecule has 1 aromatic heterocycles. The maximum Gasteiger partial charge on any atom is 0.221 e.